The Morgan fingerprint density at radius 1 is 0.750 bits per heavy atom. The topological polar surface area (TPSA) is 20.2 Å². The molecule has 1 heteroatoms. The smallest absolute Gasteiger partial charge is 0.115 e. The molecule has 0 amide bonds. The zero-order valence-corrected chi connectivity index (χ0v) is 12.3. The summed E-state index contributed by atoms with van der Waals surface area (Å²) in [4.78, 5) is 0. The van der Waals surface area contributed by atoms with Crippen LogP contribution in [0.5, 0.6) is 0 Å². The largest absolute Gasteiger partial charge is 0.380 e. The van der Waals surface area contributed by atoms with Crippen LogP contribution in [0, 0.1) is 0 Å². The molecule has 1 nitrogen and oxygen atoms in total. The van der Waals surface area contributed by atoms with Crippen molar-refractivity contribution in [2.24, 2.45) is 0 Å². The number of aliphatic hydroxyl groups is 1. The Morgan fingerprint density at radius 2 is 1.25 bits per heavy atom. The molecule has 0 aliphatic heterocycles. The normalized spacial score (nSPS) is 11.5. The van der Waals surface area contributed by atoms with Crippen molar-refractivity contribution in [3.8, 4) is 0 Å². The highest BCUT2D eigenvalue weighted by Gasteiger charge is 2.30. The second-order valence-corrected chi connectivity index (χ2v) is 5.40. The molecule has 2 aromatic carbocycles. The van der Waals surface area contributed by atoms with Crippen LogP contribution in [-0.4, -0.2) is 5.11 Å². The zero-order chi connectivity index (χ0) is 14.3. The summed E-state index contributed by atoms with van der Waals surface area (Å²) in [7, 11) is 0. The van der Waals surface area contributed by atoms with Gasteiger partial charge in [0.25, 0.3) is 0 Å². The van der Waals surface area contributed by atoms with Crippen LogP contribution in [0.3, 0.4) is 0 Å². The number of hydrogen-bond acceptors (Lipinski definition) is 1. The molecule has 0 aliphatic rings. The molecule has 0 aliphatic carbocycles. The van der Waals surface area contributed by atoms with Crippen LogP contribution in [0.1, 0.15) is 50.2 Å². The van der Waals surface area contributed by atoms with E-state index in [-0.39, 0.29) is 0 Å². The van der Waals surface area contributed by atoms with Crippen molar-refractivity contribution in [2.75, 3.05) is 0 Å². The first-order chi connectivity index (χ1) is 9.77. The van der Waals surface area contributed by atoms with E-state index in [0.29, 0.717) is 0 Å². The zero-order valence-electron chi connectivity index (χ0n) is 12.3. The van der Waals surface area contributed by atoms with Crippen molar-refractivity contribution < 1.29 is 5.11 Å². The fraction of sp³-hybridized carbons (Fsp3) is 0.368. The van der Waals surface area contributed by atoms with E-state index in [9.17, 15) is 5.11 Å². The van der Waals surface area contributed by atoms with Gasteiger partial charge in [-0.3, -0.25) is 0 Å². The summed E-state index contributed by atoms with van der Waals surface area (Å²) < 4.78 is 0. The van der Waals surface area contributed by atoms with Gasteiger partial charge in [-0.1, -0.05) is 86.8 Å². The summed E-state index contributed by atoms with van der Waals surface area (Å²) >= 11 is 0. The van der Waals surface area contributed by atoms with Gasteiger partial charge in [0.1, 0.15) is 5.60 Å². The van der Waals surface area contributed by atoms with Gasteiger partial charge in [-0.2, -0.15) is 0 Å². The molecule has 0 saturated carbocycles. The third-order valence-electron chi connectivity index (χ3n) is 3.89. The minimum Gasteiger partial charge on any atom is -0.380 e. The number of hydrogen-bond donors (Lipinski definition) is 1. The Kier molecular flexibility index (Phi) is 5.37. The monoisotopic (exact) mass is 268 g/mol. The van der Waals surface area contributed by atoms with Crippen molar-refractivity contribution in [3.63, 3.8) is 0 Å². The van der Waals surface area contributed by atoms with Gasteiger partial charge in [0.2, 0.25) is 0 Å². The van der Waals surface area contributed by atoms with Crippen molar-refractivity contribution >= 4 is 0 Å². The van der Waals surface area contributed by atoms with Gasteiger partial charge in [-0.25, -0.2) is 0 Å². The third kappa shape index (κ3) is 3.49. The van der Waals surface area contributed by atoms with Gasteiger partial charge in [-0.15, -0.1) is 0 Å². The average molecular weight is 268 g/mol. The van der Waals surface area contributed by atoms with Gasteiger partial charge in [0.05, 0.1) is 0 Å². The van der Waals surface area contributed by atoms with Gasteiger partial charge >= 0.3 is 0 Å². The lowest BCUT2D eigenvalue weighted by Crippen LogP contribution is -2.27. The van der Waals surface area contributed by atoms with E-state index in [1.165, 1.54) is 19.3 Å². The first kappa shape index (κ1) is 14.8. The first-order valence-electron chi connectivity index (χ1n) is 7.61. The standard InChI is InChI=1S/C19H24O/c1-2-3-4-11-16-19(20,17-12-7-5-8-13-17)18-14-9-6-10-15-18/h5-10,12-15,20H,2-4,11,16H2,1H3. The van der Waals surface area contributed by atoms with Crippen molar-refractivity contribution in [3.05, 3.63) is 71.8 Å². The Balaban J connectivity index is 2.24. The van der Waals surface area contributed by atoms with Crippen LogP contribution in [0.4, 0.5) is 0 Å². The molecule has 1 N–H and O–H groups in total. The van der Waals surface area contributed by atoms with Crippen LogP contribution in [0.2, 0.25) is 0 Å². The SMILES string of the molecule is CCCCCCC(O)(c1ccccc1)c1ccccc1. The van der Waals surface area contributed by atoms with E-state index >= 15 is 0 Å². The van der Waals surface area contributed by atoms with Crippen molar-refractivity contribution in [2.45, 2.75) is 44.6 Å². The predicted octanol–water partition coefficient (Wildman–Crippen LogP) is 4.89. The predicted molar refractivity (Wildman–Crippen MR) is 84.6 cm³/mol. The Morgan fingerprint density at radius 3 is 1.70 bits per heavy atom. The fourth-order valence-corrected chi connectivity index (χ4v) is 2.69. The summed E-state index contributed by atoms with van der Waals surface area (Å²) in [5.74, 6) is 0. The van der Waals surface area contributed by atoms with Gasteiger partial charge in [-0.05, 0) is 24.0 Å². The quantitative estimate of drug-likeness (QED) is 0.709. The first-order valence-corrected chi connectivity index (χ1v) is 7.61. The second kappa shape index (κ2) is 7.25. The highest BCUT2D eigenvalue weighted by Crippen LogP contribution is 2.34. The van der Waals surface area contributed by atoms with Crippen LogP contribution in [0.25, 0.3) is 0 Å². The summed E-state index contributed by atoms with van der Waals surface area (Å²) in [6, 6.07) is 20.0. The van der Waals surface area contributed by atoms with Crippen molar-refractivity contribution in [1.82, 2.24) is 0 Å². The number of unbranched alkanes of at least 4 members (excludes halogenated alkanes) is 3. The van der Waals surface area contributed by atoms with Crippen LogP contribution < -0.4 is 0 Å². The highest BCUT2D eigenvalue weighted by atomic mass is 16.3. The van der Waals surface area contributed by atoms with Crippen LogP contribution in [-0.2, 0) is 5.60 Å². The maximum Gasteiger partial charge on any atom is 0.115 e. The maximum absolute atomic E-state index is 11.3. The second-order valence-electron chi connectivity index (χ2n) is 5.40. The summed E-state index contributed by atoms with van der Waals surface area (Å²) in [6.07, 6.45) is 5.46. The summed E-state index contributed by atoms with van der Waals surface area (Å²) in [5, 5.41) is 11.3. The van der Waals surface area contributed by atoms with Crippen LogP contribution in [0.15, 0.2) is 60.7 Å². The Hall–Kier alpha value is -1.60. The molecule has 0 saturated heterocycles. The Labute approximate surface area is 122 Å². The number of benzene rings is 2. The van der Waals surface area contributed by atoms with E-state index in [2.05, 4.69) is 6.92 Å². The van der Waals surface area contributed by atoms with E-state index in [1.807, 2.05) is 60.7 Å². The Bertz CT molecular complexity index is 450. The molecule has 20 heavy (non-hydrogen) atoms. The van der Waals surface area contributed by atoms with E-state index in [0.717, 1.165) is 24.0 Å². The molecule has 0 atom stereocenters. The van der Waals surface area contributed by atoms with E-state index < -0.39 is 5.60 Å². The van der Waals surface area contributed by atoms with Crippen molar-refractivity contribution in [1.29, 1.82) is 0 Å². The molecule has 106 valence electrons. The molecule has 0 spiro atoms. The summed E-state index contributed by atoms with van der Waals surface area (Å²) in [6.45, 7) is 2.21. The molecule has 2 rings (SSSR count). The molecular formula is C19H24O. The molecule has 0 heterocycles. The van der Waals surface area contributed by atoms with Gasteiger partial charge in [0, 0.05) is 0 Å². The number of rotatable bonds is 7. The average Bonchev–Trinajstić information content (AvgIpc) is 2.53. The van der Waals surface area contributed by atoms with E-state index in [4.69, 9.17) is 0 Å². The lowest BCUT2D eigenvalue weighted by molar-refractivity contribution is 0.0679. The van der Waals surface area contributed by atoms with Gasteiger partial charge in [0.15, 0.2) is 0 Å². The lowest BCUT2D eigenvalue weighted by atomic mass is 9.82. The maximum atomic E-state index is 11.3. The highest BCUT2D eigenvalue weighted by molar-refractivity contribution is 5.35. The summed E-state index contributed by atoms with van der Waals surface area (Å²) in [5.41, 5.74) is 1.11. The fourth-order valence-electron chi connectivity index (χ4n) is 2.69. The molecule has 2 aromatic rings. The molecule has 0 bridgehead atoms. The molecule has 0 fully saturated rings. The molecule has 0 unspecified atom stereocenters. The molecule has 0 radical (unpaired) electrons. The van der Waals surface area contributed by atoms with E-state index in [1.54, 1.807) is 0 Å². The van der Waals surface area contributed by atoms with Crippen LogP contribution >= 0.6 is 0 Å². The van der Waals surface area contributed by atoms with Gasteiger partial charge < -0.3 is 5.11 Å². The molecular weight excluding hydrogens is 244 g/mol. The minimum absolute atomic E-state index is 0.779. The molecule has 0 aromatic heterocycles. The third-order valence-corrected chi connectivity index (χ3v) is 3.89. The lowest BCUT2D eigenvalue weighted by Gasteiger charge is -2.29. The minimum atomic E-state index is -0.865.